The Morgan fingerprint density at radius 3 is 2.53 bits per heavy atom. The van der Waals surface area contributed by atoms with Crippen molar-refractivity contribution in [3.05, 3.63) is 70.7 Å². The maximum Gasteiger partial charge on any atom is 0.254 e. The summed E-state index contributed by atoms with van der Waals surface area (Å²) >= 11 is 6.02. The van der Waals surface area contributed by atoms with E-state index in [1.807, 2.05) is 18.2 Å². The molecule has 2 aromatic rings. The molecule has 0 bridgehead atoms. The van der Waals surface area contributed by atoms with Crippen LogP contribution in [-0.4, -0.2) is 29.2 Å². The highest BCUT2D eigenvalue weighted by molar-refractivity contribution is 6.30. The van der Waals surface area contributed by atoms with Crippen LogP contribution in [0.3, 0.4) is 0 Å². The van der Waals surface area contributed by atoms with Crippen LogP contribution in [0.15, 0.2) is 54.6 Å². The summed E-state index contributed by atoms with van der Waals surface area (Å²) < 4.78 is 0. The number of benzene rings is 2. The minimum Gasteiger partial charge on any atom is -0.335 e. The molecule has 1 saturated heterocycles. The molecule has 1 aliphatic heterocycles. The fraction of sp³-hybridized carbons (Fsp3) is 0.462. The van der Waals surface area contributed by atoms with Gasteiger partial charge in [-0.1, -0.05) is 48.4 Å². The third kappa shape index (κ3) is 3.58. The molecule has 3 fully saturated rings. The van der Waals surface area contributed by atoms with Crippen LogP contribution in [0.2, 0.25) is 5.02 Å². The van der Waals surface area contributed by atoms with Gasteiger partial charge in [-0.25, -0.2) is 0 Å². The molecule has 0 N–H and O–H groups in total. The first-order valence-electron chi connectivity index (χ1n) is 11.2. The largest absolute Gasteiger partial charge is 0.335 e. The van der Waals surface area contributed by atoms with Gasteiger partial charge in [-0.2, -0.15) is 0 Å². The van der Waals surface area contributed by atoms with Crippen molar-refractivity contribution >= 4 is 23.3 Å². The molecule has 156 valence electrons. The molecule has 3 aliphatic rings. The van der Waals surface area contributed by atoms with Gasteiger partial charge < -0.3 is 4.90 Å². The van der Waals surface area contributed by atoms with Crippen molar-refractivity contribution in [3.63, 3.8) is 0 Å². The van der Waals surface area contributed by atoms with E-state index in [2.05, 4.69) is 29.2 Å². The molecule has 5 atom stereocenters. The topological polar surface area (TPSA) is 37.4 Å². The van der Waals surface area contributed by atoms with E-state index in [4.69, 9.17) is 11.6 Å². The van der Waals surface area contributed by atoms with Crippen LogP contribution >= 0.6 is 11.6 Å². The van der Waals surface area contributed by atoms with Crippen LogP contribution in [0.4, 0.5) is 0 Å². The van der Waals surface area contributed by atoms with Gasteiger partial charge in [0.1, 0.15) is 5.78 Å². The van der Waals surface area contributed by atoms with E-state index < -0.39 is 0 Å². The molecule has 0 unspecified atom stereocenters. The Labute approximate surface area is 183 Å². The molecule has 2 saturated carbocycles. The molecule has 1 heterocycles. The highest BCUT2D eigenvalue weighted by Crippen LogP contribution is 2.51. The Morgan fingerprint density at radius 1 is 1.00 bits per heavy atom. The van der Waals surface area contributed by atoms with E-state index in [0.29, 0.717) is 40.5 Å². The van der Waals surface area contributed by atoms with Crippen molar-refractivity contribution in [3.8, 4) is 0 Å². The molecular weight excluding hydrogens is 394 g/mol. The predicted molar refractivity (Wildman–Crippen MR) is 118 cm³/mol. The number of hydrogen-bond donors (Lipinski definition) is 0. The van der Waals surface area contributed by atoms with E-state index in [0.717, 1.165) is 38.6 Å². The molecule has 3 nitrogen and oxygen atoms in total. The van der Waals surface area contributed by atoms with Gasteiger partial charge in [0.25, 0.3) is 5.91 Å². The maximum absolute atomic E-state index is 13.3. The first kappa shape index (κ1) is 19.8. The molecule has 5 rings (SSSR count). The second kappa shape index (κ2) is 8.19. The van der Waals surface area contributed by atoms with Crippen molar-refractivity contribution in [2.45, 2.75) is 44.6 Å². The number of piperidine rings is 1. The smallest absolute Gasteiger partial charge is 0.254 e. The molecule has 2 aliphatic carbocycles. The second-order valence-electron chi connectivity index (χ2n) is 9.26. The lowest BCUT2D eigenvalue weighted by molar-refractivity contribution is -0.137. The van der Waals surface area contributed by atoms with Crippen LogP contribution in [0.5, 0.6) is 0 Å². The molecule has 30 heavy (non-hydrogen) atoms. The van der Waals surface area contributed by atoms with E-state index in [1.54, 1.807) is 12.1 Å². The zero-order valence-electron chi connectivity index (χ0n) is 17.2. The van der Waals surface area contributed by atoms with Crippen LogP contribution < -0.4 is 0 Å². The van der Waals surface area contributed by atoms with Crippen molar-refractivity contribution in [2.24, 2.45) is 23.7 Å². The van der Waals surface area contributed by atoms with Crippen molar-refractivity contribution in [1.82, 2.24) is 4.90 Å². The van der Waals surface area contributed by atoms with Gasteiger partial charge in [0.05, 0.1) is 0 Å². The Bertz CT molecular complexity index is 926. The SMILES string of the molecule is O=C1C[C@H]2CCN(C(=O)c3ccc(Cl)cc3)[C@H]3CCC[C@H]([C@H]23)[C@@H]1Cc1ccccc1. The number of amides is 1. The molecule has 4 heteroatoms. The quantitative estimate of drug-likeness (QED) is 0.663. The monoisotopic (exact) mass is 421 g/mol. The van der Waals surface area contributed by atoms with Gasteiger partial charge in [-0.05, 0) is 73.3 Å². The number of hydrogen-bond acceptors (Lipinski definition) is 2. The third-order valence-electron chi connectivity index (χ3n) is 7.71. The summed E-state index contributed by atoms with van der Waals surface area (Å²) in [7, 11) is 0. The Morgan fingerprint density at radius 2 is 1.77 bits per heavy atom. The fourth-order valence-corrected chi connectivity index (χ4v) is 6.55. The predicted octanol–water partition coefficient (Wildman–Crippen LogP) is 5.42. The Kier molecular flexibility index (Phi) is 5.41. The van der Waals surface area contributed by atoms with Gasteiger partial charge in [-0.3, -0.25) is 9.59 Å². The highest BCUT2D eigenvalue weighted by atomic mass is 35.5. The number of carbonyl (C=O) groups excluding carboxylic acids is 2. The summed E-state index contributed by atoms with van der Waals surface area (Å²) in [5.41, 5.74) is 1.97. The van der Waals surface area contributed by atoms with Crippen LogP contribution in [0.25, 0.3) is 0 Å². The number of rotatable bonds is 3. The normalized spacial score (nSPS) is 30.6. The lowest BCUT2D eigenvalue weighted by Gasteiger charge is -2.55. The summed E-state index contributed by atoms with van der Waals surface area (Å²) in [5.74, 6) is 1.96. The molecule has 0 radical (unpaired) electrons. The number of halogens is 1. The Balaban J connectivity index is 1.41. The zero-order chi connectivity index (χ0) is 20.7. The van der Waals surface area contributed by atoms with Gasteiger partial charge in [0.2, 0.25) is 0 Å². The van der Waals surface area contributed by atoms with E-state index in [-0.39, 0.29) is 17.9 Å². The first-order chi connectivity index (χ1) is 14.6. The molecule has 0 aromatic heterocycles. The Hall–Kier alpha value is -2.13. The standard InChI is InChI=1S/C26H28ClNO2/c27-20-11-9-18(10-12-20)26(30)28-14-13-19-16-24(29)22(15-17-5-2-1-3-6-17)21-7-4-8-23(28)25(19)21/h1-3,5-6,9-12,19,21-23,25H,4,7-8,13-16H2/t19-,21+,22+,23+,25+/m1/s1. The summed E-state index contributed by atoms with van der Waals surface area (Å²) in [6.45, 7) is 0.761. The molecular formula is C26H28ClNO2. The average Bonchev–Trinajstić information content (AvgIpc) is 2.77. The first-order valence-corrected chi connectivity index (χ1v) is 11.6. The van der Waals surface area contributed by atoms with Crippen molar-refractivity contribution in [2.75, 3.05) is 6.54 Å². The molecule has 2 aromatic carbocycles. The lowest BCUT2D eigenvalue weighted by atomic mass is 9.55. The van der Waals surface area contributed by atoms with Crippen molar-refractivity contribution in [1.29, 1.82) is 0 Å². The zero-order valence-corrected chi connectivity index (χ0v) is 17.9. The number of Topliss-reactive ketones (excluding diaryl/α,β-unsaturated/α-hetero) is 1. The third-order valence-corrected chi connectivity index (χ3v) is 7.96. The van der Waals surface area contributed by atoms with Gasteiger partial charge in [-0.15, -0.1) is 0 Å². The minimum atomic E-state index is 0.0991. The maximum atomic E-state index is 13.3. The fourth-order valence-electron chi connectivity index (χ4n) is 6.42. The lowest BCUT2D eigenvalue weighted by Crippen LogP contribution is -2.59. The average molecular weight is 422 g/mol. The number of likely N-dealkylation sites (tertiary alicyclic amines) is 1. The number of carbonyl (C=O) groups is 2. The second-order valence-corrected chi connectivity index (χ2v) is 9.70. The van der Waals surface area contributed by atoms with E-state index in [9.17, 15) is 9.59 Å². The van der Waals surface area contributed by atoms with Crippen LogP contribution in [-0.2, 0) is 11.2 Å². The van der Waals surface area contributed by atoms with Crippen LogP contribution in [0, 0.1) is 23.7 Å². The summed E-state index contributed by atoms with van der Waals surface area (Å²) in [6.07, 6.45) is 5.75. The van der Waals surface area contributed by atoms with Crippen LogP contribution in [0.1, 0.15) is 48.0 Å². The van der Waals surface area contributed by atoms with Gasteiger partial charge in [0, 0.05) is 35.5 Å². The highest BCUT2D eigenvalue weighted by Gasteiger charge is 2.52. The van der Waals surface area contributed by atoms with Gasteiger partial charge >= 0.3 is 0 Å². The summed E-state index contributed by atoms with van der Waals surface area (Å²) in [6, 6.07) is 17.9. The summed E-state index contributed by atoms with van der Waals surface area (Å²) in [4.78, 5) is 28.6. The van der Waals surface area contributed by atoms with E-state index in [1.165, 1.54) is 5.56 Å². The number of nitrogens with zero attached hydrogens (tertiary/aromatic N) is 1. The molecule has 1 amide bonds. The van der Waals surface area contributed by atoms with Crippen molar-refractivity contribution < 1.29 is 9.59 Å². The molecule has 0 spiro atoms. The summed E-state index contributed by atoms with van der Waals surface area (Å²) in [5, 5.41) is 0.650. The minimum absolute atomic E-state index is 0.0991. The number of ketones is 1. The van der Waals surface area contributed by atoms with Gasteiger partial charge in [0.15, 0.2) is 0 Å². The van der Waals surface area contributed by atoms with E-state index >= 15 is 0 Å².